The van der Waals surface area contributed by atoms with Gasteiger partial charge in [0, 0.05) is 24.1 Å². The fourth-order valence-electron chi connectivity index (χ4n) is 1.86. The van der Waals surface area contributed by atoms with Crippen LogP contribution in [0.2, 0.25) is 10.0 Å². The molecule has 1 N–H and O–H groups in total. The molecule has 1 amide bonds. The second kappa shape index (κ2) is 6.33. The van der Waals surface area contributed by atoms with Crippen molar-refractivity contribution in [2.45, 2.75) is 0 Å². The molecule has 6 heteroatoms. The Kier molecular flexibility index (Phi) is 4.70. The Labute approximate surface area is 132 Å². The van der Waals surface area contributed by atoms with E-state index in [9.17, 15) is 9.18 Å². The molecule has 0 saturated heterocycles. The highest BCUT2D eigenvalue weighted by atomic mass is 35.5. The van der Waals surface area contributed by atoms with Crippen LogP contribution in [0.15, 0.2) is 36.4 Å². The highest BCUT2D eigenvalue weighted by Crippen LogP contribution is 2.28. The number of anilines is 2. The van der Waals surface area contributed by atoms with Crippen LogP contribution in [0, 0.1) is 5.82 Å². The number of carbonyl (C=O) groups is 1. The van der Waals surface area contributed by atoms with Crippen LogP contribution in [0.4, 0.5) is 15.8 Å². The third-order valence-electron chi connectivity index (χ3n) is 2.86. The van der Waals surface area contributed by atoms with Gasteiger partial charge in [0.1, 0.15) is 5.82 Å². The Morgan fingerprint density at radius 3 is 2.33 bits per heavy atom. The fraction of sp³-hybridized carbons (Fsp3) is 0.133. The number of nitrogens with one attached hydrogen (secondary N) is 1. The summed E-state index contributed by atoms with van der Waals surface area (Å²) < 4.78 is 13.8. The number of halogens is 3. The molecule has 0 aliphatic carbocycles. The number of hydrogen-bond donors (Lipinski definition) is 1. The van der Waals surface area contributed by atoms with Gasteiger partial charge in [-0.3, -0.25) is 4.79 Å². The first-order valence-electron chi connectivity index (χ1n) is 6.12. The van der Waals surface area contributed by atoms with E-state index >= 15 is 0 Å². The number of hydrogen-bond acceptors (Lipinski definition) is 2. The lowest BCUT2D eigenvalue weighted by atomic mass is 10.2. The van der Waals surface area contributed by atoms with Crippen molar-refractivity contribution in [3.05, 3.63) is 57.8 Å². The second-order valence-corrected chi connectivity index (χ2v) is 5.51. The molecule has 21 heavy (non-hydrogen) atoms. The number of benzene rings is 2. The van der Waals surface area contributed by atoms with E-state index in [1.165, 1.54) is 12.1 Å². The number of carbonyl (C=O) groups excluding carboxylic acids is 1. The summed E-state index contributed by atoms with van der Waals surface area (Å²) in [6, 6.07) is 9.01. The lowest BCUT2D eigenvalue weighted by Crippen LogP contribution is -2.17. The van der Waals surface area contributed by atoms with Crippen LogP contribution in [0.5, 0.6) is 0 Å². The summed E-state index contributed by atoms with van der Waals surface area (Å²) in [6.45, 7) is 0. The van der Waals surface area contributed by atoms with Crippen molar-refractivity contribution in [1.29, 1.82) is 0 Å². The molecule has 110 valence electrons. The molecule has 3 nitrogen and oxygen atoms in total. The molecule has 0 atom stereocenters. The summed E-state index contributed by atoms with van der Waals surface area (Å²) >= 11 is 11.6. The third kappa shape index (κ3) is 3.65. The summed E-state index contributed by atoms with van der Waals surface area (Å²) in [5, 5.41) is 3.38. The van der Waals surface area contributed by atoms with Crippen molar-refractivity contribution >= 4 is 40.5 Å². The van der Waals surface area contributed by atoms with Crippen LogP contribution in [0.25, 0.3) is 0 Å². The topological polar surface area (TPSA) is 32.3 Å². The second-order valence-electron chi connectivity index (χ2n) is 4.63. The average Bonchev–Trinajstić information content (AvgIpc) is 2.37. The highest BCUT2D eigenvalue weighted by Gasteiger charge is 2.15. The Hall–Kier alpha value is -1.78. The first-order chi connectivity index (χ1) is 9.88. The largest absolute Gasteiger partial charge is 0.376 e. The van der Waals surface area contributed by atoms with E-state index in [0.29, 0.717) is 10.7 Å². The van der Waals surface area contributed by atoms with Gasteiger partial charge in [0.25, 0.3) is 5.91 Å². The summed E-state index contributed by atoms with van der Waals surface area (Å²) in [7, 11) is 3.67. The van der Waals surface area contributed by atoms with E-state index in [1.54, 1.807) is 18.2 Å². The normalized spacial score (nSPS) is 10.3. The molecule has 0 unspecified atom stereocenters. The Morgan fingerprint density at radius 1 is 1.10 bits per heavy atom. The van der Waals surface area contributed by atoms with E-state index in [-0.39, 0.29) is 10.6 Å². The molecular weight excluding hydrogens is 314 g/mol. The van der Waals surface area contributed by atoms with Crippen molar-refractivity contribution in [1.82, 2.24) is 0 Å². The smallest absolute Gasteiger partial charge is 0.258 e. The van der Waals surface area contributed by atoms with Gasteiger partial charge < -0.3 is 10.2 Å². The van der Waals surface area contributed by atoms with Gasteiger partial charge in [-0.1, -0.05) is 23.2 Å². The monoisotopic (exact) mass is 326 g/mol. The van der Waals surface area contributed by atoms with E-state index < -0.39 is 11.7 Å². The molecule has 0 aromatic heterocycles. The maximum absolute atomic E-state index is 13.8. The van der Waals surface area contributed by atoms with Crippen molar-refractivity contribution < 1.29 is 9.18 Å². The van der Waals surface area contributed by atoms with Crippen molar-refractivity contribution in [3.63, 3.8) is 0 Å². The van der Waals surface area contributed by atoms with Crippen LogP contribution in [-0.4, -0.2) is 20.0 Å². The van der Waals surface area contributed by atoms with Gasteiger partial charge in [-0.25, -0.2) is 4.39 Å². The predicted octanol–water partition coefficient (Wildman–Crippen LogP) is 4.45. The molecule has 2 aromatic carbocycles. The standard InChI is InChI=1S/C15H13Cl2FN2O/c1-20(2)14-6-4-10(17)8-13(14)19-15(21)11-5-3-9(16)7-12(11)18/h3-8H,1-2H3,(H,19,21). The number of rotatable bonds is 3. The van der Waals surface area contributed by atoms with Gasteiger partial charge in [-0.2, -0.15) is 0 Å². The van der Waals surface area contributed by atoms with Crippen LogP contribution < -0.4 is 10.2 Å². The quantitative estimate of drug-likeness (QED) is 0.903. The van der Waals surface area contributed by atoms with E-state index in [1.807, 2.05) is 19.0 Å². The molecule has 0 spiro atoms. The van der Waals surface area contributed by atoms with Crippen LogP contribution in [-0.2, 0) is 0 Å². The van der Waals surface area contributed by atoms with Crippen molar-refractivity contribution in [3.8, 4) is 0 Å². The van der Waals surface area contributed by atoms with Crippen molar-refractivity contribution in [2.75, 3.05) is 24.3 Å². The Morgan fingerprint density at radius 2 is 1.71 bits per heavy atom. The van der Waals surface area contributed by atoms with Crippen LogP contribution >= 0.6 is 23.2 Å². The number of nitrogens with zero attached hydrogens (tertiary/aromatic N) is 1. The molecule has 0 aliphatic rings. The zero-order valence-corrected chi connectivity index (χ0v) is 13.0. The zero-order valence-electron chi connectivity index (χ0n) is 11.5. The minimum atomic E-state index is -0.673. The van der Waals surface area contributed by atoms with Gasteiger partial charge in [0.2, 0.25) is 0 Å². The summed E-state index contributed by atoms with van der Waals surface area (Å²) in [5.74, 6) is -1.23. The molecule has 2 aromatic rings. The maximum Gasteiger partial charge on any atom is 0.258 e. The SMILES string of the molecule is CN(C)c1ccc(Cl)cc1NC(=O)c1ccc(Cl)cc1F. The molecule has 0 bridgehead atoms. The van der Waals surface area contributed by atoms with E-state index in [2.05, 4.69) is 5.32 Å². The zero-order chi connectivity index (χ0) is 15.6. The fourth-order valence-corrected chi connectivity index (χ4v) is 2.19. The molecule has 2 rings (SSSR count). The molecule has 0 aliphatic heterocycles. The van der Waals surface area contributed by atoms with Crippen LogP contribution in [0.3, 0.4) is 0 Å². The molecule has 0 heterocycles. The maximum atomic E-state index is 13.8. The number of amides is 1. The Balaban J connectivity index is 2.33. The summed E-state index contributed by atoms with van der Waals surface area (Å²) in [4.78, 5) is 14.0. The van der Waals surface area contributed by atoms with Crippen LogP contribution in [0.1, 0.15) is 10.4 Å². The first-order valence-corrected chi connectivity index (χ1v) is 6.87. The van der Waals surface area contributed by atoms with Gasteiger partial charge in [-0.15, -0.1) is 0 Å². The molecular formula is C15H13Cl2FN2O. The van der Waals surface area contributed by atoms with Crippen molar-refractivity contribution in [2.24, 2.45) is 0 Å². The molecule has 0 fully saturated rings. The minimum Gasteiger partial charge on any atom is -0.376 e. The lowest BCUT2D eigenvalue weighted by Gasteiger charge is -2.18. The third-order valence-corrected chi connectivity index (χ3v) is 3.33. The summed E-state index contributed by atoms with van der Waals surface area (Å²) in [6.07, 6.45) is 0. The molecule has 0 radical (unpaired) electrons. The van der Waals surface area contributed by atoms with Gasteiger partial charge >= 0.3 is 0 Å². The molecule has 0 saturated carbocycles. The predicted molar refractivity (Wildman–Crippen MR) is 85.1 cm³/mol. The lowest BCUT2D eigenvalue weighted by molar-refractivity contribution is 0.102. The van der Waals surface area contributed by atoms with E-state index in [4.69, 9.17) is 23.2 Å². The van der Waals surface area contributed by atoms with Gasteiger partial charge in [0.15, 0.2) is 0 Å². The summed E-state index contributed by atoms with van der Waals surface area (Å²) in [5.41, 5.74) is 1.19. The van der Waals surface area contributed by atoms with Gasteiger partial charge in [0.05, 0.1) is 16.9 Å². The van der Waals surface area contributed by atoms with Gasteiger partial charge in [-0.05, 0) is 36.4 Å². The highest BCUT2D eigenvalue weighted by molar-refractivity contribution is 6.31. The average molecular weight is 327 g/mol. The van der Waals surface area contributed by atoms with E-state index in [0.717, 1.165) is 11.8 Å². The first kappa shape index (κ1) is 15.6. The Bertz CT molecular complexity index is 689. The minimum absolute atomic E-state index is 0.0796.